The van der Waals surface area contributed by atoms with E-state index < -0.39 is 0 Å². The molecule has 0 bridgehead atoms. The lowest BCUT2D eigenvalue weighted by atomic mass is 9.96. The van der Waals surface area contributed by atoms with E-state index in [1.54, 1.807) is 12.4 Å². The van der Waals surface area contributed by atoms with Crippen molar-refractivity contribution in [2.24, 2.45) is 11.8 Å². The van der Waals surface area contributed by atoms with E-state index in [9.17, 15) is 4.79 Å². The number of hydrogen-bond acceptors (Lipinski definition) is 6. The number of amides is 1. The number of nitrogens with zero attached hydrogens (tertiary/aromatic N) is 7. The maximum Gasteiger partial charge on any atom is 0.275 e. The molecule has 0 unspecified atom stereocenters. The van der Waals surface area contributed by atoms with Crippen LogP contribution in [0.5, 0.6) is 0 Å². The Morgan fingerprint density at radius 2 is 1.84 bits per heavy atom. The topological polar surface area (TPSA) is 89.7 Å². The van der Waals surface area contributed by atoms with Gasteiger partial charge in [-0.3, -0.25) is 14.8 Å². The summed E-state index contributed by atoms with van der Waals surface area (Å²) in [5, 5.41) is 8.43. The van der Waals surface area contributed by atoms with Crippen LogP contribution in [0.25, 0.3) is 5.69 Å². The summed E-state index contributed by atoms with van der Waals surface area (Å²) >= 11 is 0. The molecule has 0 spiro atoms. The molecule has 3 aromatic heterocycles. The summed E-state index contributed by atoms with van der Waals surface area (Å²) in [5.41, 5.74) is 4.77. The van der Waals surface area contributed by atoms with Crippen molar-refractivity contribution in [3.05, 3.63) is 59.2 Å². The van der Waals surface area contributed by atoms with Crippen molar-refractivity contribution in [2.45, 2.75) is 52.5 Å². The van der Waals surface area contributed by atoms with Gasteiger partial charge in [0.15, 0.2) is 5.69 Å². The lowest BCUT2D eigenvalue weighted by molar-refractivity contribution is 0.0581. The van der Waals surface area contributed by atoms with Gasteiger partial charge in [0.1, 0.15) is 5.69 Å². The normalized spacial score (nSPS) is 22.3. The Hall–Kier alpha value is -3.16. The average molecular weight is 418 g/mol. The Balaban J connectivity index is 1.40. The van der Waals surface area contributed by atoms with Crippen LogP contribution in [0.3, 0.4) is 0 Å². The van der Waals surface area contributed by atoms with Gasteiger partial charge in [0.05, 0.1) is 29.5 Å². The van der Waals surface area contributed by atoms with Crippen molar-refractivity contribution in [3.63, 3.8) is 0 Å². The van der Waals surface area contributed by atoms with Crippen LogP contribution in [0, 0.1) is 32.6 Å². The molecule has 8 heteroatoms. The second-order valence-corrected chi connectivity index (χ2v) is 8.81. The zero-order valence-electron chi connectivity index (χ0n) is 18.2. The molecule has 8 nitrogen and oxygen atoms in total. The molecular formula is C23H27N7O. The van der Waals surface area contributed by atoms with E-state index in [2.05, 4.69) is 25.1 Å². The first-order chi connectivity index (χ1) is 15.0. The maximum absolute atomic E-state index is 13.7. The molecule has 4 heterocycles. The lowest BCUT2D eigenvalue weighted by Crippen LogP contribution is -2.45. The van der Waals surface area contributed by atoms with E-state index in [1.165, 1.54) is 11.2 Å². The predicted molar refractivity (Wildman–Crippen MR) is 115 cm³/mol. The Kier molecular flexibility index (Phi) is 5.00. The van der Waals surface area contributed by atoms with Gasteiger partial charge < -0.3 is 4.90 Å². The third-order valence-electron chi connectivity index (χ3n) is 6.60. The summed E-state index contributed by atoms with van der Waals surface area (Å²) in [4.78, 5) is 31.0. The molecule has 1 saturated heterocycles. The van der Waals surface area contributed by atoms with Crippen molar-refractivity contribution in [1.82, 2.24) is 34.8 Å². The molecule has 2 fully saturated rings. The van der Waals surface area contributed by atoms with Crippen molar-refractivity contribution in [3.8, 4) is 5.69 Å². The third kappa shape index (κ3) is 3.94. The predicted octanol–water partition coefficient (Wildman–Crippen LogP) is 2.86. The molecule has 2 aliphatic rings. The van der Waals surface area contributed by atoms with Crippen LogP contribution in [0.1, 0.15) is 52.5 Å². The number of hydrogen-bond donors (Lipinski definition) is 0. The van der Waals surface area contributed by atoms with Gasteiger partial charge in [-0.2, -0.15) is 10.2 Å². The van der Waals surface area contributed by atoms with Crippen LogP contribution in [-0.2, 0) is 6.42 Å². The van der Waals surface area contributed by atoms with Crippen molar-refractivity contribution in [1.29, 1.82) is 0 Å². The number of pyridine rings is 1. The molecule has 3 atom stereocenters. The first kappa shape index (κ1) is 19.8. The minimum Gasteiger partial charge on any atom is -0.334 e. The van der Waals surface area contributed by atoms with Crippen LogP contribution < -0.4 is 0 Å². The first-order valence-electron chi connectivity index (χ1n) is 10.9. The molecule has 1 saturated carbocycles. The van der Waals surface area contributed by atoms with Crippen LogP contribution in [0.4, 0.5) is 0 Å². The number of carbonyl (C=O) groups is 1. The second-order valence-electron chi connectivity index (χ2n) is 8.81. The van der Waals surface area contributed by atoms with Gasteiger partial charge in [0, 0.05) is 24.5 Å². The smallest absolute Gasteiger partial charge is 0.275 e. The minimum atomic E-state index is -0.0301. The summed E-state index contributed by atoms with van der Waals surface area (Å²) in [5.74, 6) is 1.34. The fourth-order valence-electron chi connectivity index (χ4n) is 4.59. The molecule has 1 aliphatic heterocycles. The van der Waals surface area contributed by atoms with Gasteiger partial charge in [-0.25, -0.2) is 4.98 Å². The Bertz CT molecular complexity index is 1110. The summed E-state index contributed by atoms with van der Waals surface area (Å²) in [7, 11) is 0. The van der Waals surface area contributed by atoms with Gasteiger partial charge in [0.25, 0.3) is 5.91 Å². The molecule has 160 valence electrons. The van der Waals surface area contributed by atoms with Crippen LogP contribution in [0.2, 0.25) is 0 Å². The van der Waals surface area contributed by atoms with Gasteiger partial charge >= 0.3 is 0 Å². The monoisotopic (exact) mass is 417 g/mol. The van der Waals surface area contributed by atoms with E-state index in [-0.39, 0.29) is 11.9 Å². The van der Waals surface area contributed by atoms with Crippen molar-refractivity contribution in [2.75, 3.05) is 6.54 Å². The van der Waals surface area contributed by atoms with Crippen molar-refractivity contribution >= 4 is 5.91 Å². The molecule has 5 rings (SSSR count). The molecule has 0 radical (unpaired) electrons. The summed E-state index contributed by atoms with van der Waals surface area (Å²) in [6.45, 7) is 6.67. The Morgan fingerprint density at radius 1 is 1.03 bits per heavy atom. The van der Waals surface area contributed by atoms with Gasteiger partial charge in [0.2, 0.25) is 0 Å². The van der Waals surface area contributed by atoms with Crippen LogP contribution >= 0.6 is 0 Å². The van der Waals surface area contributed by atoms with E-state index in [4.69, 9.17) is 0 Å². The number of aryl methyl sites for hydroxylation is 4. The minimum absolute atomic E-state index is 0.0301. The zero-order chi connectivity index (χ0) is 21.5. The summed E-state index contributed by atoms with van der Waals surface area (Å²) in [6.07, 6.45) is 9.05. The fraction of sp³-hybridized carbons (Fsp3) is 0.478. The largest absolute Gasteiger partial charge is 0.334 e. The van der Waals surface area contributed by atoms with E-state index in [1.807, 2.05) is 44.0 Å². The molecule has 3 aromatic rings. The van der Waals surface area contributed by atoms with E-state index in [0.717, 1.165) is 54.5 Å². The number of rotatable bonds is 5. The third-order valence-corrected chi connectivity index (χ3v) is 6.60. The molecule has 1 aliphatic carbocycles. The first-order valence-corrected chi connectivity index (χ1v) is 10.9. The zero-order valence-corrected chi connectivity index (χ0v) is 18.2. The second kappa shape index (κ2) is 7.83. The number of fused-ring (bicyclic) bond motifs is 1. The Morgan fingerprint density at radius 3 is 2.61 bits per heavy atom. The van der Waals surface area contributed by atoms with Gasteiger partial charge in [-0.1, -0.05) is 0 Å². The number of likely N-dealkylation sites (tertiary alicyclic amines) is 1. The molecule has 1 amide bonds. The van der Waals surface area contributed by atoms with Gasteiger partial charge in [-0.05, 0) is 70.4 Å². The molecule has 0 aromatic carbocycles. The highest BCUT2D eigenvalue weighted by Crippen LogP contribution is 2.48. The highest BCUT2D eigenvalue weighted by Gasteiger charge is 2.47. The molecule has 31 heavy (non-hydrogen) atoms. The molecule has 0 N–H and O–H groups in total. The molecular weight excluding hydrogens is 390 g/mol. The van der Waals surface area contributed by atoms with Crippen LogP contribution in [-0.4, -0.2) is 53.3 Å². The summed E-state index contributed by atoms with van der Waals surface area (Å²) < 4.78 is 0. The number of carbonyl (C=O) groups excluding carboxylic acids is 1. The average Bonchev–Trinajstić information content (AvgIpc) is 3.31. The summed E-state index contributed by atoms with van der Waals surface area (Å²) in [6, 6.07) is 3.94. The maximum atomic E-state index is 13.7. The number of aromatic nitrogens is 6. The van der Waals surface area contributed by atoms with Crippen LogP contribution in [0.15, 0.2) is 30.7 Å². The number of piperidine rings is 1. The highest BCUT2D eigenvalue weighted by atomic mass is 16.2. The quantitative estimate of drug-likeness (QED) is 0.634. The van der Waals surface area contributed by atoms with Crippen molar-refractivity contribution < 1.29 is 4.79 Å². The van der Waals surface area contributed by atoms with Gasteiger partial charge in [-0.15, -0.1) is 4.80 Å². The van der Waals surface area contributed by atoms with E-state index >= 15 is 0 Å². The SMILES string of the molecule is Cc1ccc(-n2nccn2)c(C(=O)N2C[C@@H]3C[C@@H]3C[C@H]2CCc2cnc(C)c(C)n2)n1. The lowest BCUT2D eigenvalue weighted by Gasteiger charge is -2.35. The fourth-order valence-corrected chi connectivity index (χ4v) is 4.59. The highest BCUT2D eigenvalue weighted by molar-refractivity contribution is 5.96. The standard InChI is InChI=1S/C23H27N7O/c1-14-4-7-21(30-25-8-9-26-30)22(27-14)23(31)29-13-18-10-17(18)11-20(29)6-5-19-12-24-15(2)16(3)28-19/h4,7-9,12,17-18,20H,5-6,10-11,13H2,1-3H3/t17-,18+,20-/m1/s1. The van der Waals surface area contributed by atoms with E-state index in [0.29, 0.717) is 17.3 Å². The Labute approximate surface area is 181 Å².